The molecule has 9 heteroatoms. The minimum absolute atomic E-state index is 0.0452. The highest BCUT2D eigenvalue weighted by Crippen LogP contribution is 2.34. The summed E-state index contributed by atoms with van der Waals surface area (Å²) in [6, 6.07) is 13.1. The Kier molecular flexibility index (Phi) is 9.51. The van der Waals surface area contributed by atoms with Crippen LogP contribution in [0.1, 0.15) is 46.3 Å². The zero-order chi connectivity index (χ0) is 25.2. The van der Waals surface area contributed by atoms with Crippen molar-refractivity contribution < 1.29 is 33.8 Å². The van der Waals surface area contributed by atoms with Crippen molar-refractivity contribution >= 4 is 23.9 Å². The van der Waals surface area contributed by atoms with Gasteiger partial charge in [0.15, 0.2) is 5.78 Å². The number of methoxy groups -OCH3 is 1. The van der Waals surface area contributed by atoms with Crippen molar-refractivity contribution in [2.75, 3.05) is 20.3 Å². The first-order chi connectivity index (χ1) is 17.0. The molecule has 2 aromatic carbocycles. The molecule has 4 rings (SSSR count). The lowest BCUT2D eigenvalue weighted by Gasteiger charge is -2.29. The van der Waals surface area contributed by atoms with Crippen molar-refractivity contribution in [3.63, 3.8) is 0 Å². The molecule has 2 aromatic rings. The van der Waals surface area contributed by atoms with Crippen molar-refractivity contribution in [3.8, 4) is 5.75 Å². The first kappa shape index (κ1) is 26.1. The molecule has 0 radical (unpaired) electrons. The molecule has 1 atom stereocenters. The second kappa shape index (κ2) is 12.8. The third-order valence-electron chi connectivity index (χ3n) is 6.00. The average molecular weight is 483 g/mol. The van der Waals surface area contributed by atoms with Crippen molar-refractivity contribution in [1.82, 2.24) is 10.2 Å². The van der Waals surface area contributed by atoms with Gasteiger partial charge in [0.25, 0.3) is 12.4 Å². The molecule has 1 fully saturated rings. The summed E-state index contributed by atoms with van der Waals surface area (Å²) in [5, 5.41) is 10.2. The van der Waals surface area contributed by atoms with E-state index < -0.39 is 6.04 Å². The van der Waals surface area contributed by atoms with Crippen molar-refractivity contribution in [2.45, 2.75) is 45.0 Å². The van der Waals surface area contributed by atoms with Crippen LogP contribution in [0.3, 0.4) is 0 Å². The summed E-state index contributed by atoms with van der Waals surface area (Å²) < 4.78 is 11.1. The molecular formula is C26H30N2O7. The Labute approximate surface area is 204 Å². The number of carbonyl (C=O) groups excluding carboxylic acids is 3. The van der Waals surface area contributed by atoms with E-state index in [1.165, 1.54) is 5.56 Å². The van der Waals surface area contributed by atoms with Gasteiger partial charge in [-0.05, 0) is 29.7 Å². The summed E-state index contributed by atoms with van der Waals surface area (Å²) >= 11 is 0. The number of benzene rings is 2. The molecule has 2 aliphatic rings. The Morgan fingerprint density at radius 1 is 1.11 bits per heavy atom. The lowest BCUT2D eigenvalue weighted by Crippen LogP contribution is -2.44. The normalized spacial score (nSPS) is 17.0. The van der Waals surface area contributed by atoms with Gasteiger partial charge in [-0.2, -0.15) is 0 Å². The van der Waals surface area contributed by atoms with Gasteiger partial charge in [-0.3, -0.25) is 19.2 Å². The zero-order valence-electron chi connectivity index (χ0n) is 19.7. The predicted octanol–water partition coefficient (Wildman–Crippen LogP) is 2.35. The number of Topliss-reactive ketones (excluding diaryl/α,β-unsaturated/α-hetero) is 2. The Morgan fingerprint density at radius 2 is 1.83 bits per heavy atom. The number of fused-ring (bicyclic) bond motifs is 1. The van der Waals surface area contributed by atoms with Crippen molar-refractivity contribution in [1.29, 1.82) is 0 Å². The zero-order valence-corrected chi connectivity index (χ0v) is 19.7. The fourth-order valence-electron chi connectivity index (χ4n) is 4.22. The SMILES string of the molecule is COCCNCc1ccc(COc2cccc3c2CN(C2CCC(=O)CC2=O)C3=O)cc1.O=CO. The summed E-state index contributed by atoms with van der Waals surface area (Å²) in [6.07, 6.45) is 0.671. The third-order valence-corrected chi connectivity index (χ3v) is 6.00. The monoisotopic (exact) mass is 482 g/mol. The molecular weight excluding hydrogens is 452 g/mol. The number of amides is 1. The van der Waals surface area contributed by atoms with Crippen LogP contribution >= 0.6 is 0 Å². The molecule has 35 heavy (non-hydrogen) atoms. The van der Waals surface area contributed by atoms with Crippen LogP contribution in [-0.2, 0) is 38.8 Å². The predicted molar refractivity (Wildman–Crippen MR) is 127 cm³/mol. The molecule has 0 bridgehead atoms. The largest absolute Gasteiger partial charge is 0.489 e. The van der Waals surface area contributed by atoms with Crippen LogP contribution in [0.5, 0.6) is 5.75 Å². The summed E-state index contributed by atoms with van der Waals surface area (Å²) in [4.78, 5) is 46.8. The number of nitrogens with one attached hydrogen (secondary N) is 1. The lowest BCUT2D eigenvalue weighted by molar-refractivity contribution is -0.133. The van der Waals surface area contributed by atoms with E-state index in [0.717, 1.165) is 24.2 Å². The van der Waals surface area contributed by atoms with Gasteiger partial charge in [0, 0.05) is 37.7 Å². The smallest absolute Gasteiger partial charge is 0.290 e. The van der Waals surface area contributed by atoms with Gasteiger partial charge in [-0.1, -0.05) is 30.3 Å². The molecule has 1 unspecified atom stereocenters. The number of hydrogen-bond donors (Lipinski definition) is 2. The number of ketones is 2. The number of carboxylic acid groups (broad SMARTS) is 1. The van der Waals surface area contributed by atoms with E-state index in [-0.39, 0.29) is 30.4 Å². The number of hydrogen-bond acceptors (Lipinski definition) is 7. The van der Waals surface area contributed by atoms with Crippen LogP contribution in [0.4, 0.5) is 0 Å². The first-order valence-electron chi connectivity index (χ1n) is 11.4. The standard InChI is InChI=1S/C25H28N2O5.CH2O2/c1-31-12-11-26-14-17-5-7-18(8-6-17)16-32-24-4-2-3-20-21(24)15-27(25(20)30)22-10-9-19(28)13-23(22)29;2-1-3/h2-8,22,26H,9-16H2,1H3;1H,(H,2,3). The molecule has 1 amide bonds. The molecule has 0 saturated heterocycles. The Hall–Kier alpha value is -3.56. The third kappa shape index (κ3) is 6.74. The van der Waals surface area contributed by atoms with Crippen LogP contribution in [0.25, 0.3) is 0 Å². The number of carbonyl (C=O) groups is 4. The average Bonchev–Trinajstić information content (AvgIpc) is 3.18. The summed E-state index contributed by atoms with van der Waals surface area (Å²) in [5.74, 6) is 0.282. The highest BCUT2D eigenvalue weighted by atomic mass is 16.5. The molecule has 1 saturated carbocycles. The second-order valence-corrected chi connectivity index (χ2v) is 8.33. The Bertz CT molecular complexity index is 1050. The minimum atomic E-state index is -0.523. The van der Waals surface area contributed by atoms with Crippen molar-refractivity contribution in [2.24, 2.45) is 0 Å². The molecule has 2 N–H and O–H groups in total. The van der Waals surface area contributed by atoms with Gasteiger partial charge < -0.3 is 24.8 Å². The van der Waals surface area contributed by atoms with Gasteiger partial charge in [-0.25, -0.2) is 0 Å². The van der Waals surface area contributed by atoms with Crippen molar-refractivity contribution in [3.05, 3.63) is 64.7 Å². The molecule has 1 heterocycles. The maximum atomic E-state index is 12.9. The fourth-order valence-corrected chi connectivity index (χ4v) is 4.22. The van der Waals surface area contributed by atoms with E-state index in [0.29, 0.717) is 43.9 Å². The van der Waals surface area contributed by atoms with Crippen LogP contribution in [0.15, 0.2) is 42.5 Å². The number of rotatable bonds is 9. The highest BCUT2D eigenvalue weighted by Gasteiger charge is 2.39. The summed E-state index contributed by atoms with van der Waals surface area (Å²) in [6.45, 7) is 2.74. The molecule has 0 aromatic heterocycles. The second-order valence-electron chi connectivity index (χ2n) is 8.33. The minimum Gasteiger partial charge on any atom is -0.489 e. The van der Waals surface area contributed by atoms with Gasteiger partial charge in [0.05, 0.1) is 25.6 Å². The van der Waals surface area contributed by atoms with E-state index in [9.17, 15) is 14.4 Å². The lowest BCUT2D eigenvalue weighted by atomic mass is 9.92. The summed E-state index contributed by atoms with van der Waals surface area (Å²) in [5.41, 5.74) is 3.60. The number of nitrogens with zero attached hydrogens (tertiary/aromatic N) is 1. The Balaban J connectivity index is 0.00000108. The molecule has 1 aliphatic heterocycles. The number of ether oxygens (including phenoxy) is 2. The molecule has 0 spiro atoms. The topological polar surface area (TPSA) is 122 Å². The van der Waals surface area contributed by atoms with Gasteiger partial charge >= 0.3 is 0 Å². The summed E-state index contributed by atoms with van der Waals surface area (Å²) in [7, 11) is 1.68. The quantitative estimate of drug-likeness (QED) is 0.317. The van der Waals surface area contributed by atoms with E-state index >= 15 is 0 Å². The Morgan fingerprint density at radius 3 is 2.51 bits per heavy atom. The highest BCUT2D eigenvalue weighted by molar-refractivity contribution is 6.07. The van der Waals surface area contributed by atoms with Gasteiger partial charge in [0.2, 0.25) is 0 Å². The van der Waals surface area contributed by atoms with Crippen LogP contribution in [0, 0.1) is 0 Å². The molecule has 186 valence electrons. The maximum Gasteiger partial charge on any atom is 0.290 e. The van der Waals surface area contributed by atoms with Crippen LogP contribution in [0.2, 0.25) is 0 Å². The van der Waals surface area contributed by atoms with E-state index in [1.807, 2.05) is 18.2 Å². The molecule has 1 aliphatic carbocycles. The fraction of sp³-hybridized carbons (Fsp3) is 0.385. The van der Waals surface area contributed by atoms with Gasteiger partial charge in [0.1, 0.15) is 18.1 Å². The van der Waals surface area contributed by atoms with E-state index in [2.05, 4.69) is 17.4 Å². The maximum absolute atomic E-state index is 12.9. The van der Waals surface area contributed by atoms with Crippen LogP contribution < -0.4 is 10.1 Å². The van der Waals surface area contributed by atoms with E-state index in [4.69, 9.17) is 19.4 Å². The van der Waals surface area contributed by atoms with E-state index in [1.54, 1.807) is 24.1 Å². The first-order valence-corrected chi connectivity index (χ1v) is 11.4. The van der Waals surface area contributed by atoms with Gasteiger partial charge in [-0.15, -0.1) is 0 Å². The molecule has 9 nitrogen and oxygen atoms in total. The van der Waals surface area contributed by atoms with Crippen LogP contribution in [-0.4, -0.2) is 60.3 Å².